The minimum atomic E-state index is 0.550. The summed E-state index contributed by atoms with van der Waals surface area (Å²) in [4.78, 5) is 2.45. The van der Waals surface area contributed by atoms with Gasteiger partial charge in [0.15, 0.2) is 0 Å². The maximum atomic E-state index is 8.58. The lowest BCUT2D eigenvalue weighted by atomic mass is 9.89. The Morgan fingerprint density at radius 2 is 2.06 bits per heavy atom. The van der Waals surface area contributed by atoms with Gasteiger partial charge in [-0.3, -0.25) is 0 Å². The molecular formula is C15H21N3. The summed E-state index contributed by atoms with van der Waals surface area (Å²) in [6.45, 7) is 3.92. The summed E-state index contributed by atoms with van der Waals surface area (Å²) >= 11 is 0. The average molecular weight is 243 g/mol. The first kappa shape index (κ1) is 13.1. The van der Waals surface area contributed by atoms with Gasteiger partial charge in [0.25, 0.3) is 0 Å². The number of hydrogen-bond donors (Lipinski definition) is 1. The predicted molar refractivity (Wildman–Crippen MR) is 73.0 cm³/mol. The van der Waals surface area contributed by atoms with Crippen molar-refractivity contribution >= 4 is 0 Å². The first-order valence-electron chi connectivity index (χ1n) is 6.69. The van der Waals surface area contributed by atoms with Crippen molar-refractivity contribution < 1.29 is 0 Å². The molecule has 1 fully saturated rings. The molecule has 1 aliphatic rings. The Morgan fingerprint density at radius 3 is 2.72 bits per heavy atom. The normalized spacial score (nSPS) is 24.0. The van der Waals surface area contributed by atoms with Gasteiger partial charge in [0, 0.05) is 25.4 Å². The van der Waals surface area contributed by atoms with Gasteiger partial charge >= 0.3 is 0 Å². The van der Waals surface area contributed by atoms with Crippen molar-refractivity contribution in [2.75, 3.05) is 26.2 Å². The molecule has 1 saturated heterocycles. The zero-order valence-corrected chi connectivity index (χ0v) is 10.8. The number of benzene rings is 1. The van der Waals surface area contributed by atoms with Crippen LogP contribution in [-0.2, 0) is 0 Å². The van der Waals surface area contributed by atoms with E-state index in [1.54, 1.807) is 0 Å². The lowest BCUT2D eigenvalue weighted by Gasteiger charge is -2.16. The molecule has 0 bridgehead atoms. The van der Waals surface area contributed by atoms with Crippen molar-refractivity contribution in [2.45, 2.75) is 18.8 Å². The van der Waals surface area contributed by atoms with E-state index in [2.05, 4.69) is 41.3 Å². The van der Waals surface area contributed by atoms with Crippen molar-refractivity contribution in [2.24, 2.45) is 11.7 Å². The molecule has 18 heavy (non-hydrogen) atoms. The van der Waals surface area contributed by atoms with Crippen LogP contribution in [0.3, 0.4) is 0 Å². The third-order valence-electron chi connectivity index (χ3n) is 3.81. The van der Waals surface area contributed by atoms with Crippen LogP contribution < -0.4 is 5.73 Å². The predicted octanol–water partition coefficient (Wildman–Crippen LogP) is 1.96. The number of likely N-dealkylation sites (tertiary alicyclic amines) is 1. The first-order valence-corrected chi connectivity index (χ1v) is 6.69. The summed E-state index contributed by atoms with van der Waals surface area (Å²) in [6.07, 6.45) is 1.62. The summed E-state index contributed by atoms with van der Waals surface area (Å²) in [5.41, 5.74) is 7.30. The molecule has 1 aromatic carbocycles. The van der Waals surface area contributed by atoms with Crippen molar-refractivity contribution in [1.29, 1.82) is 5.26 Å². The Morgan fingerprint density at radius 1 is 1.28 bits per heavy atom. The average Bonchev–Trinajstić information content (AvgIpc) is 2.83. The lowest BCUT2D eigenvalue weighted by molar-refractivity contribution is 0.321. The largest absolute Gasteiger partial charge is 0.330 e. The number of nitrogens with zero attached hydrogens (tertiary/aromatic N) is 2. The maximum absolute atomic E-state index is 8.58. The topological polar surface area (TPSA) is 53.0 Å². The smallest absolute Gasteiger partial charge is 0.0622 e. The quantitative estimate of drug-likeness (QED) is 0.804. The van der Waals surface area contributed by atoms with E-state index in [1.807, 2.05) is 0 Å². The van der Waals surface area contributed by atoms with Crippen molar-refractivity contribution in [3.8, 4) is 6.07 Å². The third-order valence-corrected chi connectivity index (χ3v) is 3.81. The highest BCUT2D eigenvalue weighted by atomic mass is 15.2. The van der Waals surface area contributed by atoms with Gasteiger partial charge < -0.3 is 10.6 Å². The second-order valence-corrected chi connectivity index (χ2v) is 5.03. The van der Waals surface area contributed by atoms with Gasteiger partial charge in [0.1, 0.15) is 0 Å². The van der Waals surface area contributed by atoms with Gasteiger partial charge in [-0.15, -0.1) is 0 Å². The summed E-state index contributed by atoms with van der Waals surface area (Å²) in [5.74, 6) is 1.10. The van der Waals surface area contributed by atoms with Crippen molar-refractivity contribution in [3.05, 3.63) is 35.9 Å². The fourth-order valence-electron chi connectivity index (χ4n) is 2.84. The van der Waals surface area contributed by atoms with E-state index in [0.29, 0.717) is 18.3 Å². The number of hydrogen-bond acceptors (Lipinski definition) is 3. The van der Waals surface area contributed by atoms with Crippen LogP contribution in [0.4, 0.5) is 0 Å². The molecule has 0 amide bonds. The minimum absolute atomic E-state index is 0.550. The van der Waals surface area contributed by atoms with E-state index in [1.165, 1.54) is 5.56 Å². The second-order valence-electron chi connectivity index (χ2n) is 5.03. The highest BCUT2D eigenvalue weighted by Gasteiger charge is 2.32. The van der Waals surface area contributed by atoms with E-state index < -0.39 is 0 Å². The van der Waals surface area contributed by atoms with Crippen LogP contribution in [0, 0.1) is 17.2 Å². The molecule has 3 nitrogen and oxygen atoms in total. The molecule has 96 valence electrons. The molecule has 0 aromatic heterocycles. The Bertz CT molecular complexity index is 396. The number of unbranched alkanes of at least 4 members (excludes halogenated alkanes) is 1. The van der Waals surface area contributed by atoms with Crippen LogP contribution >= 0.6 is 0 Å². The molecule has 2 rings (SSSR count). The maximum Gasteiger partial charge on any atom is 0.0622 e. The SMILES string of the molecule is N#CCCCN1C[C@@H](CN)[C@H](c2ccccc2)C1. The highest BCUT2D eigenvalue weighted by molar-refractivity contribution is 5.22. The summed E-state index contributed by atoms with van der Waals surface area (Å²) in [6, 6.07) is 12.9. The Balaban J connectivity index is 1.97. The van der Waals surface area contributed by atoms with Gasteiger partial charge in [-0.25, -0.2) is 0 Å². The lowest BCUT2D eigenvalue weighted by Crippen LogP contribution is -2.24. The van der Waals surface area contributed by atoms with E-state index in [4.69, 9.17) is 11.0 Å². The van der Waals surface area contributed by atoms with E-state index in [9.17, 15) is 0 Å². The molecule has 0 saturated carbocycles. The van der Waals surface area contributed by atoms with Gasteiger partial charge in [0.2, 0.25) is 0 Å². The summed E-state index contributed by atoms with van der Waals surface area (Å²) in [7, 11) is 0. The van der Waals surface area contributed by atoms with Crippen LogP contribution in [0.2, 0.25) is 0 Å². The standard InChI is InChI=1S/C15H21N3/c16-8-4-5-9-18-11-14(10-17)15(12-18)13-6-2-1-3-7-13/h1-3,6-7,14-15H,4-5,9-12,17H2/t14-,15+/m1/s1. The molecular weight excluding hydrogens is 222 g/mol. The number of rotatable bonds is 5. The van der Waals surface area contributed by atoms with E-state index in [0.717, 1.165) is 32.6 Å². The van der Waals surface area contributed by atoms with Gasteiger partial charge in [-0.1, -0.05) is 30.3 Å². The van der Waals surface area contributed by atoms with Gasteiger partial charge in [0.05, 0.1) is 6.07 Å². The van der Waals surface area contributed by atoms with Crippen LogP contribution in [0.15, 0.2) is 30.3 Å². The third kappa shape index (κ3) is 3.10. The molecule has 1 aliphatic heterocycles. The van der Waals surface area contributed by atoms with Crippen LogP contribution in [-0.4, -0.2) is 31.1 Å². The minimum Gasteiger partial charge on any atom is -0.330 e. The summed E-state index contributed by atoms with van der Waals surface area (Å²) < 4.78 is 0. The molecule has 0 spiro atoms. The zero-order chi connectivity index (χ0) is 12.8. The molecule has 0 aliphatic carbocycles. The van der Waals surface area contributed by atoms with Crippen LogP contribution in [0.1, 0.15) is 24.3 Å². The molecule has 0 unspecified atom stereocenters. The fraction of sp³-hybridized carbons (Fsp3) is 0.533. The monoisotopic (exact) mass is 243 g/mol. The zero-order valence-electron chi connectivity index (χ0n) is 10.8. The second kappa shape index (κ2) is 6.53. The van der Waals surface area contributed by atoms with Crippen LogP contribution in [0.5, 0.6) is 0 Å². The van der Waals surface area contributed by atoms with Crippen molar-refractivity contribution in [3.63, 3.8) is 0 Å². The molecule has 3 heteroatoms. The molecule has 2 N–H and O–H groups in total. The van der Waals surface area contributed by atoms with Crippen LogP contribution in [0.25, 0.3) is 0 Å². The molecule has 1 aromatic rings. The molecule has 0 radical (unpaired) electrons. The van der Waals surface area contributed by atoms with Gasteiger partial charge in [-0.05, 0) is 31.0 Å². The molecule has 1 heterocycles. The van der Waals surface area contributed by atoms with Gasteiger partial charge in [-0.2, -0.15) is 5.26 Å². The Hall–Kier alpha value is -1.37. The van der Waals surface area contributed by atoms with E-state index in [-0.39, 0.29) is 0 Å². The van der Waals surface area contributed by atoms with E-state index >= 15 is 0 Å². The molecule has 2 atom stereocenters. The Kier molecular flexibility index (Phi) is 4.74. The first-order chi connectivity index (χ1) is 8.85. The summed E-state index contributed by atoms with van der Waals surface area (Å²) in [5, 5.41) is 8.58. The fourth-order valence-corrected chi connectivity index (χ4v) is 2.84. The van der Waals surface area contributed by atoms with Crippen molar-refractivity contribution in [1.82, 2.24) is 4.90 Å². The number of nitrogens with two attached hydrogens (primary N) is 1. The Labute approximate surface area is 109 Å². The number of nitriles is 1. The highest BCUT2D eigenvalue weighted by Crippen LogP contribution is 2.31.